The zero-order valence-electron chi connectivity index (χ0n) is 17.9. The van der Waals surface area contributed by atoms with Crippen LogP contribution in [0.1, 0.15) is 6.42 Å². The fourth-order valence-electron chi connectivity index (χ4n) is 4.06. The highest BCUT2D eigenvalue weighted by atomic mass is 19.1. The van der Waals surface area contributed by atoms with Crippen LogP contribution in [0.3, 0.4) is 0 Å². The van der Waals surface area contributed by atoms with Crippen molar-refractivity contribution in [3.05, 3.63) is 79.0 Å². The molecule has 1 saturated heterocycles. The predicted octanol–water partition coefficient (Wildman–Crippen LogP) is 5.46. The van der Waals surface area contributed by atoms with Crippen LogP contribution < -0.4 is 10.1 Å². The van der Waals surface area contributed by atoms with Crippen LogP contribution in [0.4, 0.5) is 16.0 Å². The highest BCUT2D eigenvalue weighted by Crippen LogP contribution is 2.28. The molecule has 32 heavy (non-hydrogen) atoms. The number of aromatic nitrogens is 2. The second kappa shape index (κ2) is 8.93. The van der Waals surface area contributed by atoms with Crippen molar-refractivity contribution in [1.82, 2.24) is 14.9 Å². The van der Waals surface area contributed by atoms with E-state index in [9.17, 15) is 4.39 Å². The second-order valence-electron chi connectivity index (χ2n) is 8.18. The first-order valence-electron chi connectivity index (χ1n) is 10.8. The molecule has 2 atom stereocenters. The molecule has 162 valence electrons. The number of piperidine rings is 1. The van der Waals surface area contributed by atoms with Crippen LogP contribution in [-0.4, -0.2) is 47.3 Å². The molecule has 6 heteroatoms. The van der Waals surface area contributed by atoms with E-state index in [1.54, 1.807) is 0 Å². The molecule has 0 unspecified atom stereocenters. The quantitative estimate of drug-likeness (QED) is 0.457. The molecular formula is C26H25FN4O. The maximum Gasteiger partial charge on any atom is 0.227 e. The Kier molecular flexibility index (Phi) is 5.69. The van der Waals surface area contributed by atoms with Crippen LogP contribution in [-0.2, 0) is 0 Å². The van der Waals surface area contributed by atoms with Gasteiger partial charge in [0.2, 0.25) is 5.95 Å². The fraction of sp³-hybridized carbons (Fsp3) is 0.231. The van der Waals surface area contributed by atoms with Crippen molar-refractivity contribution in [1.29, 1.82) is 0 Å². The largest absolute Gasteiger partial charge is 0.487 e. The third-order valence-electron chi connectivity index (χ3n) is 5.78. The van der Waals surface area contributed by atoms with Crippen molar-refractivity contribution in [3.63, 3.8) is 0 Å². The minimum Gasteiger partial charge on any atom is -0.487 e. The summed E-state index contributed by atoms with van der Waals surface area (Å²) in [5.41, 5.74) is 3.92. The molecule has 2 heterocycles. The summed E-state index contributed by atoms with van der Waals surface area (Å²) >= 11 is 0. The molecule has 0 bridgehead atoms. The van der Waals surface area contributed by atoms with Gasteiger partial charge in [-0.05, 0) is 43.3 Å². The van der Waals surface area contributed by atoms with Gasteiger partial charge in [0.1, 0.15) is 18.0 Å². The zero-order valence-corrected chi connectivity index (χ0v) is 17.9. The maximum absolute atomic E-state index is 14.2. The molecule has 1 N–H and O–H groups in total. The van der Waals surface area contributed by atoms with E-state index in [0.29, 0.717) is 24.7 Å². The van der Waals surface area contributed by atoms with Gasteiger partial charge in [0.15, 0.2) is 0 Å². The first-order chi connectivity index (χ1) is 15.7. The maximum atomic E-state index is 14.2. The van der Waals surface area contributed by atoms with E-state index in [2.05, 4.69) is 28.5 Å². The van der Waals surface area contributed by atoms with E-state index in [1.165, 1.54) is 0 Å². The smallest absolute Gasteiger partial charge is 0.227 e. The molecule has 0 spiro atoms. The number of hydrogen-bond acceptors (Lipinski definition) is 5. The Morgan fingerprint density at radius 2 is 1.81 bits per heavy atom. The molecule has 5 rings (SSSR count). The van der Waals surface area contributed by atoms with Gasteiger partial charge < -0.3 is 15.0 Å². The topological polar surface area (TPSA) is 50.3 Å². The zero-order chi connectivity index (χ0) is 21.9. The van der Waals surface area contributed by atoms with Gasteiger partial charge >= 0.3 is 0 Å². The molecule has 0 aliphatic carbocycles. The van der Waals surface area contributed by atoms with E-state index in [0.717, 1.165) is 34.3 Å². The van der Waals surface area contributed by atoms with Crippen LogP contribution in [0, 0.1) is 0 Å². The number of likely N-dealkylation sites (tertiary alicyclic amines) is 1. The molecule has 4 aromatic rings. The van der Waals surface area contributed by atoms with Crippen molar-refractivity contribution < 1.29 is 9.13 Å². The van der Waals surface area contributed by atoms with E-state index in [-0.39, 0.29) is 0 Å². The van der Waals surface area contributed by atoms with Crippen molar-refractivity contribution in [3.8, 4) is 16.9 Å². The Morgan fingerprint density at radius 1 is 1.00 bits per heavy atom. The lowest BCUT2D eigenvalue weighted by molar-refractivity contribution is 0.0313. The van der Waals surface area contributed by atoms with Crippen LogP contribution in [0.5, 0.6) is 5.75 Å². The molecular weight excluding hydrogens is 403 g/mol. The SMILES string of the molecule is CN1CC[C@H](Oc2ccc(Nc3ncc4cccc(-c5ccccc5)c4n3)cc2)[C@H](F)C1. The average Bonchev–Trinajstić information content (AvgIpc) is 2.82. The lowest BCUT2D eigenvalue weighted by atomic mass is 10.0. The number of anilines is 2. The first kappa shape index (κ1) is 20.4. The lowest BCUT2D eigenvalue weighted by Crippen LogP contribution is -2.45. The van der Waals surface area contributed by atoms with Crippen LogP contribution in [0.15, 0.2) is 79.0 Å². The van der Waals surface area contributed by atoms with Gasteiger partial charge in [-0.2, -0.15) is 0 Å². The van der Waals surface area contributed by atoms with E-state index in [4.69, 9.17) is 9.72 Å². The normalized spacial score (nSPS) is 19.1. The number of halogens is 1. The molecule has 0 radical (unpaired) electrons. The second-order valence-corrected chi connectivity index (χ2v) is 8.18. The number of nitrogens with one attached hydrogen (secondary N) is 1. The van der Waals surface area contributed by atoms with E-state index >= 15 is 0 Å². The van der Waals surface area contributed by atoms with Crippen molar-refractivity contribution in [2.24, 2.45) is 0 Å². The monoisotopic (exact) mass is 428 g/mol. The molecule has 5 nitrogen and oxygen atoms in total. The van der Waals surface area contributed by atoms with Crippen molar-refractivity contribution in [2.75, 3.05) is 25.5 Å². The van der Waals surface area contributed by atoms with Gasteiger partial charge in [-0.3, -0.25) is 0 Å². The summed E-state index contributed by atoms with van der Waals surface area (Å²) in [7, 11) is 1.93. The summed E-state index contributed by atoms with van der Waals surface area (Å²) < 4.78 is 20.1. The summed E-state index contributed by atoms with van der Waals surface area (Å²) in [6.07, 6.45) is 1.14. The lowest BCUT2D eigenvalue weighted by Gasteiger charge is -2.32. The highest BCUT2D eigenvalue weighted by molar-refractivity contribution is 5.93. The Labute approximate surface area is 186 Å². The van der Waals surface area contributed by atoms with E-state index < -0.39 is 12.3 Å². The summed E-state index contributed by atoms with van der Waals surface area (Å²) in [6, 6.07) is 23.8. The number of alkyl halides is 1. The van der Waals surface area contributed by atoms with Gasteiger partial charge in [0.25, 0.3) is 0 Å². The number of rotatable bonds is 5. The number of hydrogen-bond donors (Lipinski definition) is 1. The third-order valence-corrected chi connectivity index (χ3v) is 5.78. The summed E-state index contributed by atoms with van der Waals surface area (Å²) in [6.45, 7) is 1.25. The summed E-state index contributed by atoms with van der Waals surface area (Å²) in [4.78, 5) is 11.2. The Balaban J connectivity index is 1.33. The fourth-order valence-corrected chi connectivity index (χ4v) is 4.06. The molecule has 1 aromatic heterocycles. The molecule has 3 aromatic carbocycles. The number of fused-ring (bicyclic) bond motifs is 1. The average molecular weight is 429 g/mol. The van der Waals surface area contributed by atoms with Crippen molar-refractivity contribution >= 4 is 22.5 Å². The third kappa shape index (κ3) is 4.41. The molecule has 0 saturated carbocycles. The van der Waals surface area contributed by atoms with Gasteiger partial charge in [-0.25, -0.2) is 14.4 Å². The van der Waals surface area contributed by atoms with Gasteiger partial charge in [-0.15, -0.1) is 0 Å². The van der Waals surface area contributed by atoms with Gasteiger partial charge in [0.05, 0.1) is 5.52 Å². The number of nitrogens with zero attached hydrogens (tertiary/aromatic N) is 3. The predicted molar refractivity (Wildman–Crippen MR) is 126 cm³/mol. The minimum atomic E-state index is -0.976. The Bertz CT molecular complexity index is 1200. The summed E-state index contributed by atoms with van der Waals surface area (Å²) in [5.74, 6) is 1.19. The van der Waals surface area contributed by atoms with Gasteiger partial charge in [-0.1, -0.05) is 48.5 Å². The molecule has 1 aliphatic rings. The van der Waals surface area contributed by atoms with Gasteiger partial charge in [0, 0.05) is 35.9 Å². The Hall–Kier alpha value is -3.51. The number of ether oxygens (including phenoxy) is 1. The number of para-hydroxylation sites is 1. The first-order valence-corrected chi connectivity index (χ1v) is 10.8. The van der Waals surface area contributed by atoms with E-state index in [1.807, 2.05) is 72.7 Å². The molecule has 1 aliphatic heterocycles. The minimum absolute atomic E-state index is 0.398. The van der Waals surface area contributed by atoms with Crippen LogP contribution in [0.25, 0.3) is 22.0 Å². The molecule has 1 fully saturated rings. The number of benzene rings is 3. The Morgan fingerprint density at radius 3 is 2.59 bits per heavy atom. The van der Waals surface area contributed by atoms with Crippen LogP contribution >= 0.6 is 0 Å². The summed E-state index contributed by atoms with van der Waals surface area (Å²) in [5, 5.41) is 4.25. The van der Waals surface area contributed by atoms with Crippen molar-refractivity contribution in [2.45, 2.75) is 18.7 Å². The highest BCUT2D eigenvalue weighted by Gasteiger charge is 2.29. The van der Waals surface area contributed by atoms with Crippen LogP contribution in [0.2, 0.25) is 0 Å². The molecule has 0 amide bonds. The standard InChI is InChI=1S/C26H25FN4O/c1-31-15-14-24(23(27)17-31)32-21-12-10-20(11-13-21)29-26-28-16-19-8-5-9-22(25(19)30-26)18-6-3-2-4-7-18/h2-13,16,23-24H,14-15,17H2,1H3,(H,28,29,30)/t23-,24+/m1/s1.